The largest absolute Gasteiger partial charge is 0.344 e. The Balaban J connectivity index is 1.86. The number of nitrogens with one attached hydrogen (secondary N) is 1. The van der Waals surface area contributed by atoms with Crippen LogP contribution in [0.2, 0.25) is 0 Å². The predicted molar refractivity (Wildman–Crippen MR) is 49.9 cm³/mol. The highest BCUT2D eigenvalue weighted by atomic mass is 32.2. The van der Waals surface area contributed by atoms with Crippen LogP contribution >= 0.6 is 11.8 Å². The van der Waals surface area contributed by atoms with Crippen LogP contribution < -0.4 is 5.32 Å². The number of carbonyl (C=O) groups excluding carboxylic acids is 2. The number of hydrogen-bond acceptors (Lipinski definition) is 3. The Morgan fingerprint density at radius 3 is 3.00 bits per heavy atom. The molecule has 2 saturated heterocycles. The number of rotatable bonds is 1. The van der Waals surface area contributed by atoms with E-state index in [2.05, 4.69) is 5.32 Å². The molecular weight excluding hydrogens is 188 g/mol. The summed E-state index contributed by atoms with van der Waals surface area (Å²) in [6.07, 6.45) is 1.51. The maximum Gasteiger partial charge on any atom is 0.226 e. The minimum Gasteiger partial charge on any atom is -0.344 e. The van der Waals surface area contributed by atoms with Crippen LogP contribution in [0, 0.1) is 0 Å². The highest BCUT2D eigenvalue weighted by Crippen LogP contribution is 2.36. The third kappa shape index (κ3) is 1.65. The standard InChI is InChI=1S/C8H12N2O2S/c1-5(11)9-6-2-3-10-7(12)4-8(10)13-6/h6,8H,2-4H2,1H3,(H,9,11)/t6?,8-/m1/s1. The van der Waals surface area contributed by atoms with E-state index in [1.165, 1.54) is 6.92 Å². The number of thioether (sulfide) groups is 1. The summed E-state index contributed by atoms with van der Waals surface area (Å²) in [5.74, 6) is 0.260. The smallest absolute Gasteiger partial charge is 0.226 e. The van der Waals surface area contributed by atoms with Crippen LogP contribution in [0.25, 0.3) is 0 Å². The van der Waals surface area contributed by atoms with E-state index in [0.717, 1.165) is 13.0 Å². The number of amides is 2. The Morgan fingerprint density at radius 2 is 2.46 bits per heavy atom. The fourth-order valence-corrected chi connectivity index (χ4v) is 3.13. The molecule has 2 aliphatic rings. The Labute approximate surface area is 81.0 Å². The highest BCUT2D eigenvalue weighted by molar-refractivity contribution is 8.00. The van der Waals surface area contributed by atoms with Crippen molar-refractivity contribution in [3.63, 3.8) is 0 Å². The molecule has 2 fully saturated rings. The summed E-state index contributed by atoms with van der Waals surface area (Å²) in [4.78, 5) is 23.7. The zero-order valence-corrected chi connectivity index (χ0v) is 8.26. The van der Waals surface area contributed by atoms with Crippen LogP contribution in [0.3, 0.4) is 0 Å². The quantitative estimate of drug-likeness (QED) is 0.613. The molecular formula is C8H12N2O2S. The molecule has 1 unspecified atom stereocenters. The molecule has 0 aromatic rings. The van der Waals surface area contributed by atoms with Gasteiger partial charge >= 0.3 is 0 Å². The van der Waals surface area contributed by atoms with Crippen molar-refractivity contribution in [1.82, 2.24) is 10.2 Å². The van der Waals surface area contributed by atoms with E-state index in [-0.39, 0.29) is 17.2 Å². The van der Waals surface area contributed by atoms with E-state index in [1.54, 1.807) is 11.8 Å². The highest BCUT2D eigenvalue weighted by Gasteiger charge is 2.41. The molecule has 2 aliphatic heterocycles. The Kier molecular flexibility index (Phi) is 2.19. The van der Waals surface area contributed by atoms with Crippen molar-refractivity contribution in [1.29, 1.82) is 0 Å². The average molecular weight is 200 g/mol. The van der Waals surface area contributed by atoms with Crippen molar-refractivity contribution in [3.8, 4) is 0 Å². The van der Waals surface area contributed by atoms with E-state index in [4.69, 9.17) is 0 Å². The molecule has 2 heterocycles. The van der Waals surface area contributed by atoms with Crippen molar-refractivity contribution in [2.24, 2.45) is 0 Å². The minimum absolute atomic E-state index is 0.0107. The van der Waals surface area contributed by atoms with Gasteiger partial charge < -0.3 is 10.2 Å². The molecule has 1 N–H and O–H groups in total. The van der Waals surface area contributed by atoms with E-state index in [9.17, 15) is 9.59 Å². The van der Waals surface area contributed by atoms with Gasteiger partial charge in [-0.15, -0.1) is 11.8 Å². The minimum atomic E-state index is 0.0107. The van der Waals surface area contributed by atoms with Crippen LogP contribution in [0.15, 0.2) is 0 Å². The molecule has 2 amide bonds. The average Bonchev–Trinajstić information content (AvgIpc) is 2.01. The first-order valence-electron chi connectivity index (χ1n) is 4.39. The maximum atomic E-state index is 11.0. The molecule has 4 nitrogen and oxygen atoms in total. The summed E-state index contributed by atoms with van der Waals surface area (Å²) in [6.45, 7) is 2.32. The number of fused-ring (bicyclic) bond motifs is 1. The molecule has 5 heteroatoms. The third-order valence-electron chi connectivity index (χ3n) is 2.34. The molecule has 2 atom stereocenters. The van der Waals surface area contributed by atoms with E-state index < -0.39 is 0 Å². The van der Waals surface area contributed by atoms with Crippen LogP contribution in [0.5, 0.6) is 0 Å². The van der Waals surface area contributed by atoms with E-state index in [0.29, 0.717) is 11.8 Å². The molecule has 0 aromatic heterocycles. The van der Waals surface area contributed by atoms with Crippen LogP contribution in [-0.2, 0) is 9.59 Å². The summed E-state index contributed by atoms with van der Waals surface area (Å²) in [5, 5.41) is 3.39. The van der Waals surface area contributed by atoms with Crippen molar-refractivity contribution < 1.29 is 9.59 Å². The zero-order chi connectivity index (χ0) is 9.42. The lowest BCUT2D eigenvalue weighted by molar-refractivity contribution is -0.142. The van der Waals surface area contributed by atoms with Gasteiger partial charge in [-0.2, -0.15) is 0 Å². The Bertz CT molecular complexity index is 257. The summed E-state index contributed by atoms with van der Waals surface area (Å²) in [5.41, 5.74) is 0. The van der Waals surface area contributed by atoms with Gasteiger partial charge in [0.1, 0.15) is 0 Å². The van der Waals surface area contributed by atoms with Gasteiger partial charge in [0, 0.05) is 13.5 Å². The Morgan fingerprint density at radius 1 is 1.69 bits per heavy atom. The second-order valence-corrected chi connectivity index (χ2v) is 4.75. The SMILES string of the molecule is CC(=O)NC1CCN2C(=O)C[C@H]2S1. The fraction of sp³-hybridized carbons (Fsp3) is 0.750. The van der Waals surface area contributed by atoms with Crippen LogP contribution in [0.4, 0.5) is 0 Å². The molecule has 72 valence electrons. The molecule has 0 aliphatic carbocycles. The lowest BCUT2D eigenvalue weighted by atomic mass is 10.2. The van der Waals surface area contributed by atoms with E-state index >= 15 is 0 Å². The topological polar surface area (TPSA) is 49.4 Å². The predicted octanol–water partition coefficient (Wildman–Crippen LogP) is 0.144. The summed E-state index contributed by atoms with van der Waals surface area (Å²) >= 11 is 1.69. The first-order valence-corrected chi connectivity index (χ1v) is 5.33. The van der Waals surface area contributed by atoms with Gasteiger partial charge in [0.05, 0.1) is 17.2 Å². The van der Waals surface area contributed by atoms with Crippen molar-refractivity contribution >= 4 is 23.6 Å². The van der Waals surface area contributed by atoms with Crippen LogP contribution in [-0.4, -0.2) is 34.0 Å². The van der Waals surface area contributed by atoms with E-state index in [1.807, 2.05) is 4.90 Å². The third-order valence-corrected chi connectivity index (χ3v) is 3.75. The summed E-state index contributed by atoms with van der Waals surface area (Å²) in [7, 11) is 0. The maximum absolute atomic E-state index is 11.0. The van der Waals surface area contributed by atoms with Crippen molar-refractivity contribution in [2.75, 3.05) is 6.54 Å². The van der Waals surface area contributed by atoms with Gasteiger partial charge in [0.15, 0.2) is 0 Å². The van der Waals surface area contributed by atoms with Gasteiger partial charge in [-0.05, 0) is 6.42 Å². The Hall–Kier alpha value is -0.710. The number of carbonyl (C=O) groups is 2. The second-order valence-electron chi connectivity index (χ2n) is 3.36. The molecule has 0 bridgehead atoms. The van der Waals surface area contributed by atoms with Gasteiger partial charge in [-0.3, -0.25) is 9.59 Å². The normalized spacial score (nSPS) is 32.1. The molecule has 0 spiro atoms. The first kappa shape index (κ1) is 8.87. The summed E-state index contributed by atoms with van der Waals surface area (Å²) < 4.78 is 0. The fourth-order valence-electron chi connectivity index (χ4n) is 1.66. The lowest BCUT2D eigenvalue weighted by Gasteiger charge is -2.45. The van der Waals surface area contributed by atoms with Crippen LogP contribution in [0.1, 0.15) is 19.8 Å². The van der Waals surface area contributed by atoms with Gasteiger partial charge in [-0.1, -0.05) is 0 Å². The molecule has 13 heavy (non-hydrogen) atoms. The van der Waals surface area contributed by atoms with Crippen molar-refractivity contribution in [2.45, 2.75) is 30.5 Å². The number of hydrogen-bond donors (Lipinski definition) is 1. The number of nitrogens with zero attached hydrogens (tertiary/aromatic N) is 1. The monoisotopic (exact) mass is 200 g/mol. The van der Waals surface area contributed by atoms with Gasteiger partial charge in [0.25, 0.3) is 0 Å². The van der Waals surface area contributed by atoms with Gasteiger partial charge in [0.2, 0.25) is 11.8 Å². The zero-order valence-electron chi connectivity index (χ0n) is 7.45. The number of β-lactam (4-membered cyclic amide) rings is 1. The molecule has 0 saturated carbocycles. The summed E-state index contributed by atoms with van der Waals surface area (Å²) in [6, 6.07) is 0. The van der Waals surface area contributed by atoms with Gasteiger partial charge in [-0.25, -0.2) is 0 Å². The molecule has 2 rings (SSSR count). The first-order chi connectivity index (χ1) is 6.16. The second kappa shape index (κ2) is 3.21. The molecule has 0 aromatic carbocycles. The molecule has 0 radical (unpaired) electrons. The van der Waals surface area contributed by atoms with Crippen molar-refractivity contribution in [3.05, 3.63) is 0 Å². The lowest BCUT2D eigenvalue weighted by Crippen LogP contribution is -2.56.